The first-order chi connectivity index (χ1) is 7.18. The highest BCUT2D eigenvalue weighted by atomic mass is 79.9. The number of esters is 1. The maximum atomic E-state index is 10.2. The molecule has 0 spiro atoms. The number of carbonyl (C=O) groups is 1. The van der Waals surface area contributed by atoms with E-state index in [9.17, 15) is 4.79 Å². The predicted molar refractivity (Wildman–Crippen MR) is 77.3 cm³/mol. The monoisotopic (exact) mass is 374 g/mol. The van der Waals surface area contributed by atoms with Crippen LogP contribution in [0.3, 0.4) is 0 Å². The first-order valence-corrected chi connectivity index (χ1v) is 6.81. The zero-order valence-electron chi connectivity index (χ0n) is 9.28. The lowest BCUT2D eigenvalue weighted by atomic mass is 10.4. The maximum absolute atomic E-state index is 10.2. The minimum atomic E-state index is -0.410. The summed E-state index contributed by atoms with van der Waals surface area (Å²) in [5.74, 6) is 0.196. The molecule has 0 fully saturated rings. The van der Waals surface area contributed by atoms with E-state index in [0.717, 1.165) is 0 Å². The first-order valence-electron chi connectivity index (χ1n) is 4.05. The second-order valence-corrected chi connectivity index (χ2v) is 6.57. The van der Waals surface area contributed by atoms with Gasteiger partial charge in [-0.05, 0) is 13.8 Å². The highest BCUT2D eigenvalue weighted by Gasteiger charge is 1.95. The second kappa shape index (κ2) is 15.9. The van der Waals surface area contributed by atoms with Gasteiger partial charge >= 0.3 is 5.97 Å². The van der Waals surface area contributed by atoms with Crippen molar-refractivity contribution in [2.24, 2.45) is 0 Å². The van der Waals surface area contributed by atoms with Gasteiger partial charge in [0.05, 0.1) is 7.11 Å². The molecule has 0 saturated heterocycles. The molecule has 0 amide bonds. The largest absolute Gasteiger partial charge is 0.466 e. The summed E-state index contributed by atoms with van der Waals surface area (Å²) in [7, 11) is 1.33. The van der Waals surface area contributed by atoms with Crippen LogP contribution in [0.2, 0.25) is 0 Å². The number of ether oxygens (including phenoxy) is 1. The first kappa shape index (κ1) is 22.1. The lowest BCUT2D eigenvalue weighted by molar-refractivity contribution is -0.136. The number of hydrogen-bond acceptors (Lipinski definition) is 2. The van der Waals surface area contributed by atoms with Gasteiger partial charge in [-0.3, -0.25) is 0 Å². The van der Waals surface area contributed by atoms with Crippen molar-refractivity contribution in [2.45, 2.75) is 23.0 Å². The molecule has 0 aliphatic heterocycles. The number of alkyl halides is 5. The molecule has 0 aliphatic carbocycles. The van der Waals surface area contributed by atoms with Gasteiger partial charge in [0.15, 0.2) is 3.75 Å². The molecule has 0 aromatic heterocycles. The predicted octanol–water partition coefficient (Wildman–Crippen LogP) is 4.73. The van der Waals surface area contributed by atoms with Crippen LogP contribution in [-0.4, -0.2) is 28.1 Å². The van der Waals surface area contributed by atoms with E-state index in [2.05, 4.69) is 27.2 Å². The average Bonchev–Trinajstić information content (AvgIpc) is 2.16. The van der Waals surface area contributed by atoms with Crippen molar-refractivity contribution in [3.63, 3.8) is 0 Å². The third-order valence-corrected chi connectivity index (χ3v) is 1.52. The van der Waals surface area contributed by atoms with Gasteiger partial charge in [-0.2, -0.15) is 0 Å². The van der Waals surface area contributed by atoms with Crippen molar-refractivity contribution in [3.8, 4) is 0 Å². The Morgan fingerprint density at radius 1 is 1.44 bits per heavy atom. The average molecular weight is 377 g/mol. The van der Waals surface area contributed by atoms with Crippen molar-refractivity contribution in [1.29, 1.82) is 0 Å². The summed E-state index contributed by atoms with van der Waals surface area (Å²) >= 11 is 23.2. The van der Waals surface area contributed by atoms with E-state index in [1.165, 1.54) is 7.11 Å². The van der Waals surface area contributed by atoms with Crippen LogP contribution < -0.4 is 0 Å². The van der Waals surface area contributed by atoms with E-state index in [1.54, 1.807) is 6.92 Å². The van der Waals surface area contributed by atoms with Crippen LogP contribution in [0.1, 0.15) is 13.8 Å². The minimum Gasteiger partial charge on any atom is -0.466 e. The van der Waals surface area contributed by atoms with Gasteiger partial charge in [0.25, 0.3) is 0 Å². The van der Waals surface area contributed by atoms with E-state index in [0.29, 0.717) is 11.5 Å². The van der Waals surface area contributed by atoms with E-state index < -0.39 is 3.75 Å². The summed E-state index contributed by atoms with van der Waals surface area (Å²) < 4.78 is 3.86. The SMILES string of the molecule is C=C(C)C(=O)OC.CC(Cl)CCl.ClC(Cl)Br. The summed E-state index contributed by atoms with van der Waals surface area (Å²) in [5.41, 5.74) is 0.433. The van der Waals surface area contributed by atoms with Crippen LogP contribution >= 0.6 is 62.3 Å². The van der Waals surface area contributed by atoms with Crippen molar-refractivity contribution in [1.82, 2.24) is 0 Å². The molecule has 0 bridgehead atoms. The molecule has 98 valence electrons. The molecule has 0 aromatic rings. The molecule has 1 atom stereocenters. The maximum Gasteiger partial charge on any atom is 0.332 e. The Hall–Kier alpha value is 0.850. The molecule has 1 unspecified atom stereocenters. The third-order valence-electron chi connectivity index (χ3n) is 0.746. The van der Waals surface area contributed by atoms with Gasteiger partial charge in [-0.1, -0.05) is 45.7 Å². The molecule has 2 nitrogen and oxygen atoms in total. The van der Waals surface area contributed by atoms with Crippen LogP contribution in [0.25, 0.3) is 0 Å². The summed E-state index contributed by atoms with van der Waals surface area (Å²) in [6, 6.07) is 0. The van der Waals surface area contributed by atoms with Gasteiger partial charge in [0.1, 0.15) is 0 Å². The van der Waals surface area contributed by atoms with Crippen molar-refractivity contribution in [2.75, 3.05) is 13.0 Å². The number of carbonyl (C=O) groups excluding carboxylic acids is 1. The van der Waals surface area contributed by atoms with Gasteiger partial charge < -0.3 is 4.74 Å². The molecule has 16 heavy (non-hydrogen) atoms. The topological polar surface area (TPSA) is 26.3 Å². The number of rotatable bonds is 2. The van der Waals surface area contributed by atoms with Crippen molar-refractivity contribution < 1.29 is 9.53 Å². The fourth-order valence-electron chi connectivity index (χ4n) is 0.174. The smallest absolute Gasteiger partial charge is 0.332 e. The Morgan fingerprint density at radius 2 is 1.69 bits per heavy atom. The zero-order valence-corrected chi connectivity index (χ0v) is 13.9. The second-order valence-electron chi connectivity index (χ2n) is 2.45. The molecule has 0 radical (unpaired) electrons. The van der Waals surface area contributed by atoms with Gasteiger partial charge in [0.2, 0.25) is 0 Å². The highest BCUT2D eigenvalue weighted by Crippen LogP contribution is 2.07. The molecule has 7 heteroatoms. The summed E-state index contributed by atoms with van der Waals surface area (Å²) in [6.07, 6.45) is 0. The van der Waals surface area contributed by atoms with Crippen LogP contribution in [0.15, 0.2) is 12.2 Å². The zero-order chi connectivity index (χ0) is 13.7. The lowest BCUT2D eigenvalue weighted by Gasteiger charge is -1.91. The number of methoxy groups -OCH3 is 1. The van der Waals surface area contributed by atoms with Gasteiger partial charge in [0, 0.05) is 16.8 Å². The van der Waals surface area contributed by atoms with Crippen LogP contribution in [-0.2, 0) is 9.53 Å². The summed E-state index contributed by atoms with van der Waals surface area (Å²) in [5, 5.41) is 0.122. The lowest BCUT2D eigenvalue weighted by Crippen LogP contribution is -1.98. The molecule has 0 saturated carbocycles. The quantitative estimate of drug-likeness (QED) is 0.395. The molecular weight excluding hydrogens is 362 g/mol. The van der Waals surface area contributed by atoms with Crippen molar-refractivity contribution in [3.05, 3.63) is 12.2 Å². The third kappa shape index (κ3) is 36.4. The Balaban J connectivity index is -0.000000166. The van der Waals surface area contributed by atoms with E-state index in [1.807, 2.05) is 6.92 Å². The summed E-state index contributed by atoms with van der Waals surface area (Å²) in [4.78, 5) is 10.2. The Morgan fingerprint density at radius 3 is 1.69 bits per heavy atom. The Kier molecular flexibility index (Phi) is 21.9. The number of halogens is 5. The van der Waals surface area contributed by atoms with Crippen LogP contribution in [0.5, 0.6) is 0 Å². The van der Waals surface area contributed by atoms with Crippen LogP contribution in [0, 0.1) is 0 Å². The van der Waals surface area contributed by atoms with Gasteiger partial charge in [-0.25, -0.2) is 4.79 Å². The minimum absolute atomic E-state index is 0.122. The Bertz CT molecular complexity index is 184. The van der Waals surface area contributed by atoms with Crippen molar-refractivity contribution >= 4 is 68.3 Å². The van der Waals surface area contributed by atoms with Crippen LogP contribution in [0.4, 0.5) is 0 Å². The molecule has 0 heterocycles. The van der Waals surface area contributed by atoms with E-state index in [-0.39, 0.29) is 11.3 Å². The molecule has 0 aromatic carbocycles. The summed E-state index contributed by atoms with van der Waals surface area (Å²) in [6.45, 7) is 6.81. The molecule has 0 aliphatic rings. The molecule has 0 N–H and O–H groups in total. The standard InChI is InChI=1S/C5H8O2.C3H6Cl2.CHBrCl2/c1-4(2)5(6)7-3;1-3(5)2-4;2-1(3)4/h1H2,2-3H3;3H,2H2,1H3;1H. The fraction of sp³-hybridized carbons (Fsp3) is 0.667. The number of hydrogen-bond donors (Lipinski definition) is 0. The fourth-order valence-corrected chi connectivity index (χ4v) is 0.174. The van der Waals surface area contributed by atoms with E-state index >= 15 is 0 Å². The normalized spacial score (nSPS) is 10.3. The van der Waals surface area contributed by atoms with Gasteiger partial charge in [-0.15, -0.1) is 23.2 Å². The molecule has 0 rings (SSSR count). The van der Waals surface area contributed by atoms with E-state index in [4.69, 9.17) is 46.4 Å². The Labute approximate surface area is 125 Å². The molecular formula is C9H15BrCl4O2. The highest BCUT2D eigenvalue weighted by molar-refractivity contribution is 9.10.